The minimum absolute atomic E-state index is 0.142. The van der Waals surface area contributed by atoms with Crippen molar-refractivity contribution in [2.75, 3.05) is 18.9 Å². The first kappa shape index (κ1) is 15.8. The molecule has 124 valence electrons. The zero-order valence-electron chi connectivity index (χ0n) is 12.2. The van der Waals surface area contributed by atoms with Crippen LogP contribution in [0.4, 0.5) is 0 Å². The van der Waals surface area contributed by atoms with Gasteiger partial charge < -0.3 is 15.5 Å². The molecule has 0 aromatic heterocycles. The number of nitrogens with zero attached hydrogens (tertiary/aromatic N) is 1. The molecule has 23 heavy (non-hydrogen) atoms. The number of amides is 1. The molecule has 1 amide bonds. The van der Waals surface area contributed by atoms with Crippen molar-refractivity contribution in [2.45, 2.75) is 12.8 Å². The highest BCUT2D eigenvalue weighted by Gasteiger charge is 2.36. The Morgan fingerprint density at radius 1 is 1.43 bits per heavy atom. The number of carbonyl (C=O) groups excluding carboxylic acids is 1. The summed E-state index contributed by atoms with van der Waals surface area (Å²) in [6, 6.07) is 0. The maximum atomic E-state index is 12.1. The van der Waals surface area contributed by atoms with Crippen molar-refractivity contribution in [3.8, 4) is 0 Å². The van der Waals surface area contributed by atoms with Gasteiger partial charge in [0.1, 0.15) is 22.8 Å². The van der Waals surface area contributed by atoms with Crippen molar-refractivity contribution in [1.29, 1.82) is 0 Å². The predicted octanol–water partition coefficient (Wildman–Crippen LogP) is 0.144. The monoisotopic (exact) mass is 340 g/mol. The zero-order chi connectivity index (χ0) is 16.6. The molecule has 0 bridgehead atoms. The topological polar surface area (TPSA) is 116 Å². The number of aliphatic carboxylic acids is 1. The van der Waals surface area contributed by atoms with Gasteiger partial charge in [0.25, 0.3) is 5.91 Å². The van der Waals surface area contributed by atoms with Crippen LogP contribution in [0, 0.1) is 5.92 Å². The van der Waals surface area contributed by atoms with Crippen molar-refractivity contribution in [1.82, 2.24) is 10.4 Å². The molecule has 0 saturated heterocycles. The van der Waals surface area contributed by atoms with Crippen molar-refractivity contribution < 1.29 is 28.8 Å². The number of aliphatic hydroxyl groups excluding tert-OH is 1. The van der Waals surface area contributed by atoms with Gasteiger partial charge in [0.15, 0.2) is 0 Å². The highest BCUT2D eigenvalue weighted by atomic mass is 32.2. The predicted molar refractivity (Wildman–Crippen MR) is 80.0 cm³/mol. The van der Waals surface area contributed by atoms with Crippen molar-refractivity contribution in [2.24, 2.45) is 5.92 Å². The van der Waals surface area contributed by atoms with Gasteiger partial charge in [0, 0.05) is 5.75 Å². The van der Waals surface area contributed by atoms with Crippen LogP contribution in [0.25, 0.3) is 0 Å². The SMILES string of the molecule is O=C(O)CNC(=O)C1=CN(OCC2CC2)C2=CCS(=O)C2=C1O. The molecule has 1 fully saturated rings. The Kier molecular flexibility index (Phi) is 4.22. The molecule has 0 aromatic rings. The van der Waals surface area contributed by atoms with Gasteiger partial charge in [-0.15, -0.1) is 0 Å². The number of carbonyl (C=O) groups is 2. The highest BCUT2D eigenvalue weighted by molar-refractivity contribution is 7.89. The van der Waals surface area contributed by atoms with Gasteiger partial charge in [-0.25, -0.2) is 5.06 Å². The second-order valence-corrected chi connectivity index (χ2v) is 6.90. The number of carboxylic acid groups (broad SMARTS) is 1. The second kappa shape index (κ2) is 6.17. The molecule has 1 atom stereocenters. The average Bonchev–Trinajstić information content (AvgIpc) is 3.25. The molecule has 9 heteroatoms. The lowest BCUT2D eigenvalue weighted by Gasteiger charge is -2.27. The number of rotatable bonds is 6. The summed E-state index contributed by atoms with van der Waals surface area (Å²) >= 11 is 0. The molecule has 3 N–H and O–H groups in total. The van der Waals surface area contributed by atoms with Gasteiger partial charge in [-0.05, 0) is 24.8 Å². The summed E-state index contributed by atoms with van der Waals surface area (Å²) in [5, 5.41) is 22.4. The fraction of sp³-hybridized carbons (Fsp3) is 0.429. The first-order valence-corrected chi connectivity index (χ1v) is 8.45. The zero-order valence-corrected chi connectivity index (χ0v) is 13.0. The number of hydrogen-bond acceptors (Lipinski definition) is 6. The Morgan fingerprint density at radius 3 is 2.83 bits per heavy atom. The van der Waals surface area contributed by atoms with Crippen LogP contribution < -0.4 is 5.32 Å². The quantitative estimate of drug-likeness (QED) is 0.630. The lowest BCUT2D eigenvalue weighted by Crippen LogP contribution is -2.34. The van der Waals surface area contributed by atoms with Gasteiger partial charge in [-0.1, -0.05) is 0 Å². The van der Waals surface area contributed by atoms with Crippen LogP contribution in [-0.4, -0.2) is 50.3 Å². The van der Waals surface area contributed by atoms with E-state index < -0.39 is 35.0 Å². The minimum Gasteiger partial charge on any atom is -0.506 e. The molecule has 0 aromatic carbocycles. The minimum atomic E-state index is -1.46. The van der Waals surface area contributed by atoms with E-state index >= 15 is 0 Å². The molecule has 2 heterocycles. The third kappa shape index (κ3) is 3.30. The molecule has 1 aliphatic carbocycles. The smallest absolute Gasteiger partial charge is 0.322 e. The summed E-state index contributed by atoms with van der Waals surface area (Å²) in [5.41, 5.74) is 0.306. The lowest BCUT2D eigenvalue weighted by molar-refractivity contribution is -0.137. The van der Waals surface area contributed by atoms with Crippen molar-refractivity contribution in [3.05, 3.63) is 34.2 Å². The first-order valence-electron chi connectivity index (χ1n) is 7.14. The Balaban J connectivity index is 1.84. The molecular weight excluding hydrogens is 324 g/mol. The summed E-state index contributed by atoms with van der Waals surface area (Å²) in [7, 11) is -1.46. The first-order chi connectivity index (χ1) is 11.0. The fourth-order valence-corrected chi connectivity index (χ4v) is 3.44. The van der Waals surface area contributed by atoms with Crippen molar-refractivity contribution in [3.63, 3.8) is 0 Å². The van der Waals surface area contributed by atoms with Gasteiger partial charge in [-0.2, -0.15) is 0 Å². The Morgan fingerprint density at radius 2 is 2.17 bits per heavy atom. The van der Waals surface area contributed by atoms with Crippen LogP contribution in [0.5, 0.6) is 0 Å². The molecule has 1 saturated carbocycles. The molecule has 3 rings (SSSR count). The number of hydrogen-bond donors (Lipinski definition) is 3. The van der Waals surface area contributed by atoms with Crippen LogP contribution >= 0.6 is 0 Å². The van der Waals surface area contributed by atoms with E-state index in [1.165, 1.54) is 11.3 Å². The van der Waals surface area contributed by atoms with E-state index in [4.69, 9.17) is 9.94 Å². The summed E-state index contributed by atoms with van der Waals surface area (Å²) in [6.07, 6.45) is 5.15. The normalized spacial score (nSPS) is 23.3. The van der Waals surface area contributed by atoms with Crippen LogP contribution in [-0.2, 0) is 25.2 Å². The molecule has 0 radical (unpaired) electrons. The van der Waals surface area contributed by atoms with E-state index in [2.05, 4.69) is 5.32 Å². The number of hydroxylamine groups is 2. The standard InChI is InChI=1S/C14H16N2O6S/c17-11(18)5-15-14(20)9-6-16(22-7-8-1-2-8)10-3-4-23(21)13(10)12(9)19/h3,6,8,19H,1-2,4-5,7H2,(H,15,20)(H,17,18). The Labute approximate surface area is 134 Å². The van der Waals surface area contributed by atoms with E-state index in [1.807, 2.05) is 0 Å². The Bertz CT molecular complexity index is 677. The fourth-order valence-electron chi connectivity index (χ4n) is 2.23. The summed E-state index contributed by atoms with van der Waals surface area (Å²) in [5.74, 6) is -1.66. The Hall–Kier alpha value is -2.13. The molecule has 1 unspecified atom stereocenters. The summed E-state index contributed by atoms with van der Waals surface area (Å²) in [4.78, 5) is 28.4. The lowest BCUT2D eigenvalue weighted by atomic mass is 10.1. The van der Waals surface area contributed by atoms with E-state index in [0.29, 0.717) is 18.2 Å². The van der Waals surface area contributed by atoms with Crippen LogP contribution in [0.1, 0.15) is 12.8 Å². The maximum Gasteiger partial charge on any atom is 0.322 e. The van der Waals surface area contributed by atoms with Gasteiger partial charge in [0.2, 0.25) is 0 Å². The van der Waals surface area contributed by atoms with Crippen LogP contribution in [0.15, 0.2) is 34.2 Å². The number of nitrogens with one attached hydrogen (secondary N) is 1. The third-order valence-corrected chi connectivity index (χ3v) is 4.96. The third-order valence-electron chi connectivity index (χ3n) is 3.63. The molecular formula is C14H16N2O6S. The number of carboxylic acids is 1. The molecule has 2 aliphatic heterocycles. The van der Waals surface area contributed by atoms with Crippen molar-refractivity contribution >= 4 is 22.7 Å². The van der Waals surface area contributed by atoms with Gasteiger partial charge >= 0.3 is 5.97 Å². The maximum absolute atomic E-state index is 12.1. The molecule has 8 nitrogen and oxygen atoms in total. The number of aliphatic hydroxyl groups is 1. The van der Waals surface area contributed by atoms with E-state index in [-0.39, 0.29) is 16.2 Å². The van der Waals surface area contributed by atoms with Gasteiger partial charge in [-0.3, -0.25) is 18.6 Å². The largest absolute Gasteiger partial charge is 0.506 e. The second-order valence-electron chi connectivity index (χ2n) is 5.46. The summed E-state index contributed by atoms with van der Waals surface area (Å²) < 4.78 is 12.1. The number of fused-ring (bicyclic) bond motifs is 1. The highest BCUT2D eigenvalue weighted by Crippen LogP contribution is 2.36. The molecule has 0 spiro atoms. The van der Waals surface area contributed by atoms with Gasteiger partial charge in [0.05, 0.1) is 29.3 Å². The van der Waals surface area contributed by atoms with E-state index in [0.717, 1.165) is 12.8 Å². The average molecular weight is 340 g/mol. The molecule has 3 aliphatic rings. The van der Waals surface area contributed by atoms with Crippen LogP contribution in [0.2, 0.25) is 0 Å². The van der Waals surface area contributed by atoms with E-state index in [1.54, 1.807) is 6.08 Å². The summed E-state index contributed by atoms with van der Waals surface area (Å²) in [6.45, 7) is -0.105. The van der Waals surface area contributed by atoms with Crippen LogP contribution in [0.3, 0.4) is 0 Å². The van der Waals surface area contributed by atoms with E-state index in [9.17, 15) is 18.9 Å².